The Kier molecular flexibility index (Phi) is 8.01. The maximum Gasteiger partial charge on any atom is 0.0723 e. The Morgan fingerprint density at radius 1 is 0.941 bits per heavy atom. The summed E-state index contributed by atoms with van der Waals surface area (Å²) in [5, 5.41) is 3.49. The van der Waals surface area contributed by atoms with E-state index in [1.807, 2.05) is 13.8 Å². The highest BCUT2D eigenvalue weighted by Gasteiger charge is 2.17. The molecule has 1 atom stereocenters. The van der Waals surface area contributed by atoms with E-state index in [1.165, 1.54) is 0 Å². The number of nitrogens with one attached hydrogen (secondary N) is 1. The van der Waals surface area contributed by atoms with Crippen molar-refractivity contribution in [3.05, 3.63) is 0 Å². The van der Waals surface area contributed by atoms with E-state index in [0.29, 0.717) is 19.1 Å². The van der Waals surface area contributed by atoms with Gasteiger partial charge in [0.2, 0.25) is 0 Å². The fourth-order valence-electron chi connectivity index (χ4n) is 1.38. The summed E-state index contributed by atoms with van der Waals surface area (Å²) in [6.45, 7) is 17.2. The zero-order valence-corrected chi connectivity index (χ0v) is 12.7. The van der Waals surface area contributed by atoms with Crippen LogP contribution in [0, 0.1) is 5.92 Å². The van der Waals surface area contributed by atoms with Gasteiger partial charge in [0.05, 0.1) is 25.4 Å². The lowest BCUT2D eigenvalue weighted by molar-refractivity contribution is -0.0289. The van der Waals surface area contributed by atoms with Crippen molar-refractivity contribution in [1.29, 1.82) is 0 Å². The summed E-state index contributed by atoms with van der Waals surface area (Å²) in [7, 11) is 0. The van der Waals surface area contributed by atoms with Crippen molar-refractivity contribution < 1.29 is 9.47 Å². The van der Waals surface area contributed by atoms with E-state index in [0.717, 1.165) is 6.54 Å². The molecule has 0 aliphatic carbocycles. The fourth-order valence-corrected chi connectivity index (χ4v) is 1.38. The lowest BCUT2D eigenvalue weighted by Gasteiger charge is -2.27. The summed E-state index contributed by atoms with van der Waals surface area (Å²) in [5.41, 5.74) is 0.144. The van der Waals surface area contributed by atoms with Crippen LogP contribution in [-0.4, -0.2) is 37.5 Å². The molecule has 0 spiro atoms. The number of rotatable bonds is 8. The second kappa shape index (κ2) is 8.06. The third kappa shape index (κ3) is 10.7. The first-order valence-electron chi connectivity index (χ1n) is 6.70. The molecular weight excluding hydrogens is 214 g/mol. The van der Waals surface area contributed by atoms with Crippen LogP contribution >= 0.6 is 0 Å². The summed E-state index contributed by atoms with van der Waals surface area (Å²) >= 11 is 0. The Labute approximate surface area is 107 Å². The number of ether oxygens (including phenoxy) is 2. The van der Waals surface area contributed by atoms with E-state index < -0.39 is 0 Å². The minimum atomic E-state index is 0.144. The van der Waals surface area contributed by atoms with Gasteiger partial charge in [-0.25, -0.2) is 0 Å². The summed E-state index contributed by atoms with van der Waals surface area (Å²) in [6, 6.07) is 0. The molecule has 3 nitrogen and oxygen atoms in total. The molecule has 0 aromatic rings. The quantitative estimate of drug-likeness (QED) is 0.667. The van der Waals surface area contributed by atoms with Crippen LogP contribution in [0.2, 0.25) is 0 Å². The highest BCUT2D eigenvalue weighted by Crippen LogP contribution is 2.08. The lowest BCUT2D eigenvalue weighted by Crippen LogP contribution is -2.43. The van der Waals surface area contributed by atoms with Crippen LogP contribution in [0.25, 0.3) is 0 Å². The molecule has 0 heterocycles. The van der Waals surface area contributed by atoms with Crippen molar-refractivity contribution in [2.75, 3.05) is 19.8 Å². The van der Waals surface area contributed by atoms with E-state index in [4.69, 9.17) is 9.47 Å². The molecule has 17 heavy (non-hydrogen) atoms. The van der Waals surface area contributed by atoms with E-state index >= 15 is 0 Å². The van der Waals surface area contributed by atoms with Gasteiger partial charge in [-0.1, -0.05) is 13.8 Å². The van der Waals surface area contributed by atoms with Crippen LogP contribution in [0.4, 0.5) is 0 Å². The van der Waals surface area contributed by atoms with Crippen LogP contribution in [0.1, 0.15) is 48.5 Å². The molecule has 0 rings (SSSR count). The van der Waals surface area contributed by atoms with Gasteiger partial charge >= 0.3 is 0 Å². The van der Waals surface area contributed by atoms with Gasteiger partial charge in [0.15, 0.2) is 0 Å². The van der Waals surface area contributed by atoms with E-state index in [2.05, 4.69) is 39.9 Å². The normalized spacial score (nSPS) is 14.6. The molecule has 3 heteroatoms. The smallest absolute Gasteiger partial charge is 0.0723 e. The Morgan fingerprint density at radius 3 is 1.88 bits per heavy atom. The van der Waals surface area contributed by atoms with Crippen LogP contribution in [-0.2, 0) is 9.47 Å². The Balaban J connectivity index is 3.83. The van der Waals surface area contributed by atoms with Crippen molar-refractivity contribution in [2.24, 2.45) is 5.92 Å². The molecule has 0 bridgehead atoms. The molecule has 0 amide bonds. The number of hydrogen-bond acceptors (Lipinski definition) is 3. The van der Waals surface area contributed by atoms with Crippen LogP contribution < -0.4 is 5.32 Å². The predicted molar refractivity (Wildman–Crippen MR) is 73.4 cm³/mol. The second-order valence-corrected chi connectivity index (χ2v) is 6.20. The topological polar surface area (TPSA) is 30.5 Å². The molecule has 0 saturated heterocycles. The minimum Gasteiger partial charge on any atom is -0.376 e. The van der Waals surface area contributed by atoms with Crippen LogP contribution in [0.3, 0.4) is 0 Å². The maximum atomic E-state index is 5.86. The molecule has 0 aliphatic heterocycles. The number of hydrogen-bond donors (Lipinski definition) is 1. The third-order valence-electron chi connectivity index (χ3n) is 2.44. The van der Waals surface area contributed by atoms with Gasteiger partial charge in [0, 0.05) is 12.1 Å². The average Bonchev–Trinajstić information content (AvgIpc) is 2.13. The molecular formula is C14H31NO2. The van der Waals surface area contributed by atoms with Gasteiger partial charge in [0.1, 0.15) is 0 Å². The van der Waals surface area contributed by atoms with Crippen LogP contribution in [0.15, 0.2) is 0 Å². The summed E-state index contributed by atoms with van der Waals surface area (Å²) in [5.74, 6) is 0.517. The monoisotopic (exact) mass is 245 g/mol. The molecule has 0 saturated carbocycles. The Morgan fingerprint density at radius 2 is 1.47 bits per heavy atom. The largest absolute Gasteiger partial charge is 0.376 e. The SMILES string of the molecule is CC(C)OCCOC(CNC(C)(C)C)C(C)C. The average molecular weight is 245 g/mol. The first-order chi connectivity index (χ1) is 7.72. The van der Waals surface area contributed by atoms with Gasteiger partial charge in [-0.15, -0.1) is 0 Å². The Hall–Kier alpha value is -0.120. The summed E-state index contributed by atoms with van der Waals surface area (Å²) < 4.78 is 11.3. The zero-order valence-electron chi connectivity index (χ0n) is 12.7. The van der Waals surface area contributed by atoms with Gasteiger partial charge in [-0.3, -0.25) is 0 Å². The van der Waals surface area contributed by atoms with Crippen molar-refractivity contribution in [3.63, 3.8) is 0 Å². The maximum absolute atomic E-state index is 5.86. The zero-order chi connectivity index (χ0) is 13.5. The standard InChI is InChI=1S/C14H31NO2/c1-11(2)13(10-15-14(5,6)7)17-9-8-16-12(3)4/h11-13,15H,8-10H2,1-7H3. The predicted octanol–water partition coefficient (Wildman–Crippen LogP) is 2.84. The summed E-state index contributed by atoms with van der Waals surface area (Å²) in [6.07, 6.45) is 0.536. The first-order valence-corrected chi connectivity index (χ1v) is 6.70. The highest BCUT2D eigenvalue weighted by atomic mass is 16.5. The lowest BCUT2D eigenvalue weighted by atomic mass is 10.0. The minimum absolute atomic E-state index is 0.144. The van der Waals surface area contributed by atoms with Gasteiger partial charge in [0.25, 0.3) is 0 Å². The third-order valence-corrected chi connectivity index (χ3v) is 2.44. The van der Waals surface area contributed by atoms with Gasteiger partial charge in [-0.05, 0) is 40.5 Å². The molecule has 0 fully saturated rings. The first kappa shape index (κ1) is 16.9. The van der Waals surface area contributed by atoms with E-state index in [-0.39, 0.29) is 17.7 Å². The van der Waals surface area contributed by atoms with Crippen molar-refractivity contribution >= 4 is 0 Å². The van der Waals surface area contributed by atoms with Gasteiger partial charge < -0.3 is 14.8 Å². The van der Waals surface area contributed by atoms with E-state index in [1.54, 1.807) is 0 Å². The molecule has 0 aromatic carbocycles. The molecule has 1 unspecified atom stereocenters. The van der Waals surface area contributed by atoms with E-state index in [9.17, 15) is 0 Å². The van der Waals surface area contributed by atoms with Crippen molar-refractivity contribution in [1.82, 2.24) is 5.32 Å². The molecule has 0 aromatic heterocycles. The highest BCUT2D eigenvalue weighted by molar-refractivity contribution is 4.75. The van der Waals surface area contributed by atoms with Gasteiger partial charge in [-0.2, -0.15) is 0 Å². The van der Waals surface area contributed by atoms with Crippen molar-refractivity contribution in [2.45, 2.75) is 66.2 Å². The molecule has 1 N–H and O–H groups in total. The molecule has 0 radical (unpaired) electrons. The molecule has 0 aliphatic rings. The Bertz CT molecular complexity index is 185. The summed E-state index contributed by atoms with van der Waals surface area (Å²) in [4.78, 5) is 0. The van der Waals surface area contributed by atoms with Crippen LogP contribution in [0.5, 0.6) is 0 Å². The molecule has 104 valence electrons. The van der Waals surface area contributed by atoms with Crippen molar-refractivity contribution in [3.8, 4) is 0 Å². The fraction of sp³-hybridized carbons (Fsp3) is 1.00. The second-order valence-electron chi connectivity index (χ2n) is 6.20.